The number of cyclic esters (lactones) is 3. The first-order chi connectivity index (χ1) is 31.7. The van der Waals surface area contributed by atoms with Gasteiger partial charge < -0.3 is 83.5 Å². The number of aliphatic hydroxyl groups excluding tert-OH is 8. The van der Waals surface area contributed by atoms with E-state index in [4.69, 9.17) is 74.0 Å². The van der Waals surface area contributed by atoms with Crippen LogP contribution in [-0.4, -0.2) is 208 Å². The zero-order valence-electron chi connectivity index (χ0n) is 38.5. The normalized spacial score (nSPS) is 13.3. The van der Waals surface area contributed by atoms with Gasteiger partial charge in [-0.25, -0.2) is 19.2 Å². The molecule has 24 heteroatoms. The van der Waals surface area contributed by atoms with Crippen LogP contribution in [0.5, 0.6) is 0 Å². The Kier molecular flexibility index (Phi) is 46.1. The van der Waals surface area contributed by atoms with Gasteiger partial charge in [0.05, 0.1) is 96.7 Å². The fourth-order valence-electron chi connectivity index (χ4n) is 4.60. The number of hydrogen-bond donors (Lipinski definition) is 8. The highest BCUT2D eigenvalue weighted by Crippen LogP contribution is 2.22. The van der Waals surface area contributed by atoms with Gasteiger partial charge in [-0.3, -0.25) is 14.4 Å². The van der Waals surface area contributed by atoms with Crippen LogP contribution in [0.25, 0.3) is 0 Å². The highest BCUT2D eigenvalue weighted by molar-refractivity contribution is 5.82. The molecular formula is C42H76O24. The predicted molar refractivity (Wildman–Crippen MR) is 227 cm³/mol. The Hall–Kier alpha value is -4.11. The van der Waals surface area contributed by atoms with E-state index in [1.54, 1.807) is 0 Å². The lowest BCUT2D eigenvalue weighted by atomic mass is 9.92. The third-order valence-corrected chi connectivity index (χ3v) is 8.53. The number of ether oxygens (including phenoxy) is 9. The largest absolute Gasteiger partial charge is 0.466 e. The topological polar surface area (TPSA) is 364 Å². The van der Waals surface area contributed by atoms with Gasteiger partial charge in [0, 0.05) is 19.3 Å². The Balaban J connectivity index is -0.00000116. The molecule has 0 aromatic carbocycles. The molecule has 0 spiro atoms. The van der Waals surface area contributed by atoms with Crippen LogP contribution in [0.1, 0.15) is 90.9 Å². The summed E-state index contributed by atoms with van der Waals surface area (Å²) in [7, 11) is 0. The molecule has 24 nitrogen and oxygen atoms in total. The van der Waals surface area contributed by atoms with E-state index >= 15 is 0 Å². The number of carbonyl (C=O) groups excluding carboxylic acids is 7. The van der Waals surface area contributed by atoms with E-state index in [0.717, 1.165) is 19.3 Å². The standard InChI is InChI=1S/C25H44O14.C6H10O2.C5H12O4.C4H4O4.C2H6/c26-9-13-34-17-25(18-35-14-10-27,19-38-21(30)7-3-1-5-11-36-23(32)15-28)20-39-22(31)8-4-2-6-12-37-24(33)16-29;7-6-4-2-1-3-5-8-6;6-1-5(2-7,3-8)4-9;5-3-1-7-4(6)2-8-3;1-2/h26-29H,1-20H2;1-5H2;6-9H,1-4H2;1-2H2;1-2H3. The molecule has 0 amide bonds. The summed E-state index contributed by atoms with van der Waals surface area (Å²) in [6.07, 6.45) is 7.25. The van der Waals surface area contributed by atoms with Crippen molar-refractivity contribution in [1.82, 2.24) is 0 Å². The summed E-state index contributed by atoms with van der Waals surface area (Å²) in [5.74, 6) is -3.40. The van der Waals surface area contributed by atoms with Gasteiger partial charge in [0.2, 0.25) is 0 Å². The van der Waals surface area contributed by atoms with Gasteiger partial charge in [0.1, 0.15) is 26.4 Å². The first kappa shape index (κ1) is 66.2. The summed E-state index contributed by atoms with van der Waals surface area (Å²) in [5.41, 5.74) is -2.19. The van der Waals surface area contributed by atoms with Crippen molar-refractivity contribution >= 4 is 41.8 Å². The molecule has 0 saturated carbocycles. The van der Waals surface area contributed by atoms with E-state index in [9.17, 15) is 33.6 Å². The summed E-state index contributed by atoms with van der Waals surface area (Å²) >= 11 is 0. The lowest BCUT2D eigenvalue weighted by Crippen LogP contribution is -2.43. The van der Waals surface area contributed by atoms with Gasteiger partial charge in [-0.15, -0.1) is 0 Å². The molecule has 0 unspecified atom stereocenters. The van der Waals surface area contributed by atoms with Gasteiger partial charge in [-0.2, -0.15) is 0 Å². The van der Waals surface area contributed by atoms with Gasteiger partial charge in [-0.05, 0) is 57.8 Å². The van der Waals surface area contributed by atoms with Crippen LogP contribution < -0.4 is 0 Å². The molecule has 2 saturated heterocycles. The van der Waals surface area contributed by atoms with Crippen molar-refractivity contribution in [3.63, 3.8) is 0 Å². The number of unbranched alkanes of at least 4 members (excludes halogenated alkanes) is 4. The summed E-state index contributed by atoms with van der Waals surface area (Å²) in [6, 6.07) is 0. The monoisotopic (exact) mass is 964 g/mol. The van der Waals surface area contributed by atoms with Crippen molar-refractivity contribution in [3.8, 4) is 0 Å². The highest BCUT2D eigenvalue weighted by Gasteiger charge is 2.35. The van der Waals surface area contributed by atoms with E-state index in [2.05, 4.69) is 9.47 Å². The highest BCUT2D eigenvalue weighted by atomic mass is 16.6. The van der Waals surface area contributed by atoms with E-state index in [1.165, 1.54) is 0 Å². The van der Waals surface area contributed by atoms with Crippen molar-refractivity contribution in [3.05, 3.63) is 0 Å². The maximum Gasteiger partial charge on any atom is 0.344 e. The Morgan fingerprint density at radius 1 is 0.470 bits per heavy atom. The van der Waals surface area contributed by atoms with Crippen molar-refractivity contribution < 1.29 is 117 Å². The molecule has 2 heterocycles. The van der Waals surface area contributed by atoms with Crippen molar-refractivity contribution in [2.75, 3.05) is 126 Å². The minimum absolute atomic E-state index is 0.00531. The van der Waals surface area contributed by atoms with Crippen LogP contribution in [0.2, 0.25) is 0 Å². The minimum Gasteiger partial charge on any atom is -0.466 e. The average Bonchev–Trinajstić information content (AvgIpc) is 3.59. The molecule has 0 aromatic rings. The van der Waals surface area contributed by atoms with Gasteiger partial charge in [0.25, 0.3) is 0 Å². The molecule has 8 N–H and O–H groups in total. The number of esters is 7. The second-order valence-electron chi connectivity index (χ2n) is 14.2. The average molecular weight is 965 g/mol. The molecule has 2 aliphatic rings. The number of carbonyl (C=O) groups is 7. The van der Waals surface area contributed by atoms with Crippen molar-refractivity contribution in [2.24, 2.45) is 10.8 Å². The van der Waals surface area contributed by atoms with Gasteiger partial charge >= 0.3 is 41.8 Å². The fraction of sp³-hybridized carbons (Fsp3) is 0.833. The lowest BCUT2D eigenvalue weighted by molar-refractivity contribution is -0.174. The molecular weight excluding hydrogens is 888 g/mol. The fourth-order valence-corrected chi connectivity index (χ4v) is 4.60. The Morgan fingerprint density at radius 2 is 0.894 bits per heavy atom. The molecule has 0 bridgehead atoms. The van der Waals surface area contributed by atoms with Crippen LogP contribution in [-0.2, 0) is 76.2 Å². The molecule has 2 rings (SSSR count). The third-order valence-electron chi connectivity index (χ3n) is 8.53. The molecule has 2 fully saturated rings. The summed E-state index contributed by atoms with van der Waals surface area (Å²) in [6.45, 7) is 0.500. The number of hydrogen-bond acceptors (Lipinski definition) is 24. The predicted octanol–water partition coefficient (Wildman–Crippen LogP) is -1.57. The second-order valence-corrected chi connectivity index (χ2v) is 14.2. The number of aliphatic hydroxyl groups is 8. The van der Waals surface area contributed by atoms with E-state index in [-0.39, 0.29) is 98.1 Å². The summed E-state index contributed by atoms with van der Waals surface area (Å²) in [5, 5.41) is 69.4. The molecule has 388 valence electrons. The zero-order valence-corrected chi connectivity index (χ0v) is 38.5. The first-order valence-corrected chi connectivity index (χ1v) is 21.9. The Morgan fingerprint density at radius 3 is 1.24 bits per heavy atom. The quantitative estimate of drug-likeness (QED) is 0.0229. The van der Waals surface area contributed by atoms with Gasteiger partial charge in [-0.1, -0.05) is 13.8 Å². The number of rotatable bonds is 30. The van der Waals surface area contributed by atoms with E-state index in [1.807, 2.05) is 13.8 Å². The Labute approximate surface area is 385 Å². The van der Waals surface area contributed by atoms with Crippen LogP contribution in [0.4, 0.5) is 0 Å². The SMILES string of the molecule is CC.O=C(CO)OCCCCCC(=O)OCC(COCCO)(COCCO)COC(=O)CCCCCOC(=O)CO.O=C1CCCCCO1.O=C1COC(=O)CO1.OCC(CO)(CO)CO. The third kappa shape index (κ3) is 39.1. The molecule has 66 heavy (non-hydrogen) atoms. The summed E-state index contributed by atoms with van der Waals surface area (Å²) in [4.78, 5) is 77.1. The first-order valence-electron chi connectivity index (χ1n) is 21.9. The molecule has 0 aliphatic carbocycles. The molecule has 2 aliphatic heterocycles. The summed E-state index contributed by atoms with van der Waals surface area (Å²) < 4.78 is 44.6. The van der Waals surface area contributed by atoms with E-state index < -0.39 is 86.3 Å². The van der Waals surface area contributed by atoms with E-state index in [0.29, 0.717) is 51.6 Å². The van der Waals surface area contributed by atoms with Crippen molar-refractivity contribution in [1.29, 1.82) is 0 Å². The maximum atomic E-state index is 12.3. The van der Waals surface area contributed by atoms with Crippen LogP contribution in [0.15, 0.2) is 0 Å². The van der Waals surface area contributed by atoms with Crippen LogP contribution >= 0.6 is 0 Å². The molecule has 0 radical (unpaired) electrons. The zero-order chi connectivity index (χ0) is 50.3. The molecule has 0 aromatic heterocycles. The maximum absolute atomic E-state index is 12.3. The van der Waals surface area contributed by atoms with Crippen LogP contribution in [0, 0.1) is 10.8 Å². The minimum atomic E-state index is -1.11. The van der Waals surface area contributed by atoms with Crippen molar-refractivity contribution in [2.45, 2.75) is 90.9 Å². The smallest absolute Gasteiger partial charge is 0.344 e. The lowest BCUT2D eigenvalue weighted by Gasteiger charge is -2.32. The molecule has 0 atom stereocenters. The van der Waals surface area contributed by atoms with Crippen LogP contribution in [0.3, 0.4) is 0 Å². The second kappa shape index (κ2) is 46.0. The Bertz CT molecular complexity index is 1150. The van der Waals surface area contributed by atoms with Gasteiger partial charge in [0.15, 0.2) is 13.2 Å².